The zero-order valence-corrected chi connectivity index (χ0v) is 22.3. The van der Waals surface area contributed by atoms with E-state index in [1.54, 1.807) is 12.4 Å². The van der Waals surface area contributed by atoms with Gasteiger partial charge in [0.1, 0.15) is 0 Å². The van der Waals surface area contributed by atoms with Crippen molar-refractivity contribution in [1.29, 1.82) is 5.26 Å². The minimum atomic E-state index is -0.112. The van der Waals surface area contributed by atoms with Gasteiger partial charge >= 0.3 is 0 Å². The number of nitriles is 1. The first-order chi connectivity index (χ1) is 18.6. The Bertz CT molecular complexity index is 1210. The molecule has 0 spiro atoms. The maximum absolute atomic E-state index is 12.3. The van der Waals surface area contributed by atoms with Crippen molar-refractivity contribution in [1.82, 2.24) is 20.6 Å². The molecule has 0 radical (unpaired) electrons. The summed E-state index contributed by atoms with van der Waals surface area (Å²) in [6.45, 7) is 8.48. The molecule has 3 N–H and O–H groups in total. The van der Waals surface area contributed by atoms with Gasteiger partial charge in [-0.05, 0) is 67.8 Å². The molecule has 0 aliphatic heterocycles. The Morgan fingerprint density at radius 2 is 1.87 bits per heavy atom. The maximum atomic E-state index is 12.3. The Balaban J connectivity index is 1.75. The van der Waals surface area contributed by atoms with Crippen molar-refractivity contribution >= 4 is 28.8 Å². The van der Waals surface area contributed by atoms with Crippen molar-refractivity contribution in [2.75, 3.05) is 42.9 Å². The van der Waals surface area contributed by atoms with Crippen LogP contribution >= 0.6 is 0 Å². The van der Waals surface area contributed by atoms with E-state index in [4.69, 9.17) is 5.26 Å². The maximum Gasteiger partial charge on any atom is 0.247 e. The van der Waals surface area contributed by atoms with Gasteiger partial charge in [-0.25, -0.2) is 9.97 Å². The van der Waals surface area contributed by atoms with Gasteiger partial charge < -0.3 is 20.9 Å². The lowest BCUT2D eigenvalue weighted by Crippen LogP contribution is -2.31. The molecule has 8 heteroatoms. The summed E-state index contributed by atoms with van der Waals surface area (Å²) in [4.78, 5) is 23.7. The highest BCUT2D eigenvalue weighted by Gasteiger charge is 2.14. The number of allylic oxidation sites excluding steroid dienone is 3. The van der Waals surface area contributed by atoms with Crippen molar-refractivity contribution < 1.29 is 4.79 Å². The number of aromatic nitrogens is 2. The van der Waals surface area contributed by atoms with Crippen LogP contribution in [0.25, 0.3) is 5.57 Å². The molecule has 8 nitrogen and oxygen atoms in total. The Kier molecular flexibility index (Phi) is 11.8. The number of nitrogens with zero attached hydrogens (tertiary/aromatic N) is 4. The van der Waals surface area contributed by atoms with Crippen molar-refractivity contribution in [2.24, 2.45) is 0 Å². The van der Waals surface area contributed by atoms with Crippen LogP contribution in [0.1, 0.15) is 38.7 Å². The molecule has 38 heavy (non-hydrogen) atoms. The zero-order valence-electron chi connectivity index (χ0n) is 22.3. The van der Waals surface area contributed by atoms with Crippen LogP contribution in [0.5, 0.6) is 0 Å². The third-order valence-corrected chi connectivity index (χ3v) is 6.12. The molecule has 1 heterocycles. The van der Waals surface area contributed by atoms with Crippen LogP contribution in [0.15, 0.2) is 78.6 Å². The second-order valence-corrected chi connectivity index (χ2v) is 8.71. The fourth-order valence-corrected chi connectivity index (χ4v) is 4.01. The van der Waals surface area contributed by atoms with Gasteiger partial charge in [-0.1, -0.05) is 37.3 Å². The first-order valence-electron chi connectivity index (χ1n) is 13.2. The summed E-state index contributed by atoms with van der Waals surface area (Å²) in [6.07, 6.45) is 9.00. The zero-order chi connectivity index (χ0) is 27.0. The number of likely N-dealkylation sites (N-methyl/N-ethyl adjacent to an activating group) is 2. The number of anilines is 3. The molecule has 1 aromatic carbocycles. The number of hydrogen-bond acceptors (Lipinski definition) is 7. The smallest absolute Gasteiger partial charge is 0.247 e. The molecule has 0 bridgehead atoms. The van der Waals surface area contributed by atoms with Crippen LogP contribution in [-0.4, -0.2) is 48.6 Å². The van der Waals surface area contributed by atoms with Crippen LogP contribution in [0, 0.1) is 11.3 Å². The highest BCUT2D eigenvalue weighted by molar-refractivity contribution is 5.95. The summed E-state index contributed by atoms with van der Waals surface area (Å²) in [5.41, 5.74) is 4.86. The molecular formula is C30H37N7O. The Hall–Kier alpha value is -4.22. The SMILES string of the molecule is CCNCCN(CC)c1ccc(Nc2ncccccc(C3=CC=C(C(=O)NCCC#N)CC3)cn2)cc1. The minimum Gasteiger partial charge on any atom is -0.371 e. The number of hydrogen-bond donors (Lipinski definition) is 3. The molecule has 1 aliphatic carbocycles. The lowest BCUT2D eigenvalue weighted by Gasteiger charge is -2.23. The average Bonchev–Trinajstić information content (AvgIpc) is 2.95. The van der Waals surface area contributed by atoms with Gasteiger partial charge in [0.05, 0.1) is 12.5 Å². The van der Waals surface area contributed by atoms with Gasteiger partial charge in [-0.2, -0.15) is 5.26 Å². The van der Waals surface area contributed by atoms with Gasteiger partial charge in [0, 0.05) is 55.5 Å². The number of carbonyl (C=O) groups excluding carboxylic acids is 1. The van der Waals surface area contributed by atoms with Gasteiger partial charge in [0.2, 0.25) is 11.9 Å². The van der Waals surface area contributed by atoms with E-state index in [-0.39, 0.29) is 5.91 Å². The van der Waals surface area contributed by atoms with Crippen LogP contribution in [0.3, 0.4) is 0 Å². The molecule has 1 aliphatic rings. The van der Waals surface area contributed by atoms with Gasteiger partial charge in [-0.3, -0.25) is 4.79 Å². The Morgan fingerprint density at radius 3 is 2.58 bits per heavy atom. The topological polar surface area (TPSA) is 106 Å². The third kappa shape index (κ3) is 9.02. The van der Waals surface area contributed by atoms with E-state index in [0.29, 0.717) is 25.3 Å². The molecule has 2 aromatic rings. The first-order valence-corrected chi connectivity index (χ1v) is 13.2. The van der Waals surface area contributed by atoms with E-state index in [9.17, 15) is 4.79 Å². The second-order valence-electron chi connectivity index (χ2n) is 8.71. The van der Waals surface area contributed by atoms with Gasteiger partial charge in [0.25, 0.3) is 0 Å². The molecule has 1 amide bonds. The number of amides is 1. The Labute approximate surface area is 225 Å². The highest BCUT2D eigenvalue weighted by atomic mass is 16.1. The second kappa shape index (κ2) is 15.8. The largest absolute Gasteiger partial charge is 0.371 e. The molecule has 0 saturated carbocycles. The van der Waals surface area contributed by atoms with Crippen LogP contribution in [0.4, 0.5) is 17.3 Å². The Morgan fingerprint density at radius 1 is 1.03 bits per heavy atom. The first kappa shape index (κ1) is 28.4. The van der Waals surface area contributed by atoms with Crippen LogP contribution in [-0.2, 0) is 4.79 Å². The van der Waals surface area contributed by atoms with Gasteiger partial charge in [-0.15, -0.1) is 0 Å². The summed E-state index contributed by atoms with van der Waals surface area (Å²) in [5.74, 6) is 0.373. The predicted octanol–water partition coefficient (Wildman–Crippen LogP) is 4.91. The standard InChI is InChI=1S/C30H37N7O/c1-3-32-21-22-37(4-2)28-16-14-27(15-17-28)36-30-34-19-7-5-6-9-26(23-35-30)24-10-12-25(13-11-24)29(38)33-20-8-18-31/h5-7,9-10,12,14-17,19,23,32H,3-4,8,11,13,20-22H2,1-2H3,(H,33,38)(H,34,35,36). The van der Waals surface area contributed by atoms with E-state index in [0.717, 1.165) is 55.0 Å². The summed E-state index contributed by atoms with van der Waals surface area (Å²) < 4.78 is 0. The summed E-state index contributed by atoms with van der Waals surface area (Å²) >= 11 is 0. The lowest BCUT2D eigenvalue weighted by molar-refractivity contribution is -0.117. The van der Waals surface area contributed by atoms with E-state index in [1.807, 2.05) is 54.6 Å². The number of rotatable bonds is 12. The fraction of sp³-hybridized carbons (Fsp3) is 0.333. The molecule has 0 unspecified atom stereocenters. The molecular weight excluding hydrogens is 474 g/mol. The van der Waals surface area contributed by atoms with E-state index in [1.165, 1.54) is 5.69 Å². The van der Waals surface area contributed by atoms with Crippen molar-refractivity contribution in [2.45, 2.75) is 33.1 Å². The predicted molar refractivity (Wildman–Crippen MR) is 154 cm³/mol. The number of nitrogens with one attached hydrogen (secondary N) is 3. The fourth-order valence-electron chi connectivity index (χ4n) is 4.01. The van der Waals surface area contributed by atoms with Crippen molar-refractivity contribution in [3.8, 4) is 6.07 Å². The minimum absolute atomic E-state index is 0.112. The van der Waals surface area contributed by atoms with E-state index in [2.05, 4.69) is 56.8 Å². The molecule has 0 saturated heterocycles. The van der Waals surface area contributed by atoms with Crippen molar-refractivity contribution in [3.63, 3.8) is 0 Å². The summed E-state index contributed by atoms with van der Waals surface area (Å²) in [5, 5.41) is 18.1. The normalized spacial score (nSPS) is 12.3. The van der Waals surface area contributed by atoms with E-state index >= 15 is 0 Å². The molecule has 0 fully saturated rings. The van der Waals surface area contributed by atoms with Crippen LogP contribution in [0.2, 0.25) is 0 Å². The number of benzene rings is 1. The highest BCUT2D eigenvalue weighted by Crippen LogP contribution is 2.26. The van der Waals surface area contributed by atoms with Crippen LogP contribution < -0.4 is 20.9 Å². The molecule has 3 rings (SSSR count). The summed E-state index contributed by atoms with van der Waals surface area (Å²) in [6, 6.07) is 18.1. The van der Waals surface area contributed by atoms with Crippen molar-refractivity contribution in [3.05, 3.63) is 84.2 Å². The monoisotopic (exact) mass is 511 g/mol. The average molecular weight is 512 g/mol. The molecule has 0 atom stereocenters. The van der Waals surface area contributed by atoms with Gasteiger partial charge in [0.15, 0.2) is 0 Å². The molecule has 1 aromatic heterocycles. The third-order valence-electron chi connectivity index (χ3n) is 6.12. The summed E-state index contributed by atoms with van der Waals surface area (Å²) in [7, 11) is 0. The van der Waals surface area contributed by atoms with E-state index < -0.39 is 0 Å². The molecule has 198 valence electrons. The quantitative estimate of drug-likeness (QED) is 0.348. The number of carbonyl (C=O) groups is 1. The lowest BCUT2D eigenvalue weighted by atomic mass is 9.94.